The minimum atomic E-state index is -1.26. The van der Waals surface area contributed by atoms with Crippen LogP contribution in [0.25, 0.3) is 22.0 Å². The van der Waals surface area contributed by atoms with Crippen molar-refractivity contribution in [2.75, 3.05) is 25.7 Å². The fraction of sp³-hybridized carbons (Fsp3) is 0.200. The summed E-state index contributed by atoms with van der Waals surface area (Å²) < 4.78 is 13.0. The summed E-state index contributed by atoms with van der Waals surface area (Å²) in [5.74, 6) is 0.172. The minimum Gasteiger partial charge on any atom is -0.493 e. The standard InChI is InChI=1S/C25H25N5O5.ClH/c1-4-30-12-18(24(32)33)21(31)16-6-5-14(10-19(16)30)17-8-13(9-20(34-2)22(17)35-3)7-15-11-28-25(27)29-23(15)26;/h5-6,8-12H,4,7H2,1-3H3,(H,32,33)(H4,26,27,28,29);1H. The average Bonchev–Trinajstić information content (AvgIpc) is 2.85. The van der Waals surface area contributed by atoms with Crippen molar-refractivity contribution in [3.05, 3.63) is 69.6 Å². The van der Waals surface area contributed by atoms with Crippen LogP contribution in [0, 0.1) is 0 Å². The van der Waals surface area contributed by atoms with E-state index in [-0.39, 0.29) is 23.9 Å². The number of aryl methyl sites for hydroxylation is 1. The van der Waals surface area contributed by atoms with Crippen LogP contribution in [-0.2, 0) is 13.0 Å². The number of aromatic nitrogens is 3. The number of nitrogens with zero attached hydrogens (tertiary/aromatic N) is 3. The van der Waals surface area contributed by atoms with E-state index >= 15 is 0 Å². The van der Waals surface area contributed by atoms with Crippen LogP contribution >= 0.6 is 12.4 Å². The molecule has 0 fully saturated rings. The summed E-state index contributed by atoms with van der Waals surface area (Å²) in [5.41, 5.74) is 14.5. The van der Waals surface area contributed by atoms with Gasteiger partial charge in [0.1, 0.15) is 11.4 Å². The van der Waals surface area contributed by atoms with Crippen molar-refractivity contribution in [2.45, 2.75) is 19.9 Å². The van der Waals surface area contributed by atoms with Crippen molar-refractivity contribution in [3.63, 3.8) is 0 Å². The van der Waals surface area contributed by atoms with Crippen molar-refractivity contribution in [1.29, 1.82) is 0 Å². The second-order valence-electron chi connectivity index (χ2n) is 7.89. The smallest absolute Gasteiger partial charge is 0.341 e. The molecule has 0 spiro atoms. The summed E-state index contributed by atoms with van der Waals surface area (Å²) >= 11 is 0. The zero-order valence-electron chi connectivity index (χ0n) is 19.9. The van der Waals surface area contributed by atoms with E-state index in [0.717, 1.165) is 16.7 Å². The molecule has 0 saturated carbocycles. The number of carboxylic acids is 1. The number of hydrogen-bond donors (Lipinski definition) is 3. The lowest BCUT2D eigenvalue weighted by Crippen LogP contribution is -2.18. The highest BCUT2D eigenvalue weighted by Gasteiger charge is 2.18. The number of rotatable bonds is 7. The summed E-state index contributed by atoms with van der Waals surface area (Å²) in [5, 5.41) is 9.74. The summed E-state index contributed by atoms with van der Waals surface area (Å²) in [4.78, 5) is 32.3. The zero-order chi connectivity index (χ0) is 25.3. The Morgan fingerprint density at radius 2 is 1.89 bits per heavy atom. The van der Waals surface area contributed by atoms with Crippen LogP contribution in [0.5, 0.6) is 11.5 Å². The highest BCUT2D eigenvalue weighted by molar-refractivity contribution is 5.94. The third-order valence-corrected chi connectivity index (χ3v) is 5.81. The van der Waals surface area contributed by atoms with Crippen molar-refractivity contribution >= 4 is 41.0 Å². The summed E-state index contributed by atoms with van der Waals surface area (Å²) in [7, 11) is 3.10. The zero-order valence-corrected chi connectivity index (χ0v) is 20.8. The van der Waals surface area contributed by atoms with Gasteiger partial charge in [-0.15, -0.1) is 12.4 Å². The van der Waals surface area contributed by atoms with E-state index in [0.29, 0.717) is 46.7 Å². The summed E-state index contributed by atoms with van der Waals surface area (Å²) in [6.45, 7) is 2.36. The number of methoxy groups -OCH3 is 2. The van der Waals surface area contributed by atoms with E-state index in [9.17, 15) is 14.7 Å². The number of fused-ring (bicyclic) bond motifs is 1. The number of benzene rings is 2. The molecule has 11 heteroatoms. The molecule has 0 aliphatic rings. The predicted octanol–water partition coefficient (Wildman–Crippen LogP) is 3.37. The predicted molar refractivity (Wildman–Crippen MR) is 140 cm³/mol. The van der Waals surface area contributed by atoms with E-state index in [1.807, 2.05) is 25.1 Å². The second kappa shape index (κ2) is 10.5. The topological polar surface area (TPSA) is 156 Å². The van der Waals surface area contributed by atoms with Crippen LogP contribution in [-0.4, -0.2) is 39.8 Å². The first-order valence-electron chi connectivity index (χ1n) is 10.8. The molecule has 0 bridgehead atoms. The molecule has 0 aliphatic carbocycles. The molecule has 2 aromatic carbocycles. The number of nitrogen functional groups attached to an aromatic ring is 2. The molecule has 10 nitrogen and oxygen atoms in total. The fourth-order valence-corrected chi connectivity index (χ4v) is 4.10. The van der Waals surface area contributed by atoms with Gasteiger partial charge in [-0.05, 0) is 42.3 Å². The first kappa shape index (κ1) is 26.3. The number of carboxylic acid groups (broad SMARTS) is 1. The fourth-order valence-electron chi connectivity index (χ4n) is 4.10. The number of carbonyl (C=O) groups is 1. The molecule has 0 amide bonds. The third kappa shape index (κ3) is 4.76. The highest BCUT2D eigenvalue weighted by Crippen LogP contribution is 2.40. The van der Waals surface area contributed by atoms with Gasteiger partial charge in [0.25, 0.3) is 0 Å². The molecule has 5 N–H and O–H groups in total. The number of hydrogen-bond acceptors (Lipinski definition) is 8. The highest BCUT2D eigenvalue weighted by atomic mass is 35.5. The van der Waals surface area contributed by atoms with Gasteiger partial charge in [-0.1, -0.05) is 6.07 Å². The number of ether oxygens (including phenoxy) is 2. The summed E-state index contributed by atoms with van der Waals surface area (Å²) in [6.07, 6.45) is 3.38. The van der Waals surface area contributed by atoms with E-state index in [4.69, 9.17) is 20.9 Å². The number of anilines is 2. The van der Waals surface area contributed by atoms with Crippen LogP contribution in [0.3, 0.4) is 0 Å². The molecule has 36 heavy (non-hydrogen) atoms. The van der Waals surface area contributed by atoms with Crippen LogP contribution in [0.1, 0.15) is 28.4 Å². The van der Waals surface area contributed by atoms with Crippen molar-refractivity contribution in [2.24, 2.45) is 0 Å². The Kier molecular flexibility index (Phi) is 7.69. The maximum absolute atomic E-state index is 12.8. The largest absolute Gasteiger partial charge is 0.493 e. The average molecular weight is 512 g/mol. The Morgan fingerprint density at radius 1 is 1.14 bits per heavy atom. The SMILES string of the molecule is CCn1cc(C(=O)O)c(=O)c2ccc(-c3cc(Cc4cnc(N)nc4N)cc(OC)c3OC)cc21.Cl. The first-order valence-corrected chi connectivity index (χ1v) is 10.8. The lowest BCUT2D eigenvalue weighted by molar-refractivity contribution is 0.0695. The Labute approximate surface area is 212 Å². The normalized spacial score (nSPS) is 10.6. The van der Waals surface area contributed by atoms with Crippen LogP contribution in [0.4, 0.5) is 11.8 Å². The maximum atomic E-state index is 12.8. The number of nitrogens with two attached hydrogens (primary N) is 2. The Morgan fingerprint density at radius 3 is 2.50 bits per heavy atom. The van der Waals surface area contributed by atoms with Crippen molar-refractivity contribution in [1.82, 2.24) is 14.5 Å². The van der Waals surface area contributed by atoms with Crippen molar-refractivity contribution in [3.8, 4) is 22.6 Å². The van der Waals surface area contributed by atoms with Gasteiger partial charge < -0.3 is 30.6 Å². The Bertz CT molecular complexity index is 1520. The quantitative estimate of drug-likeness (QED) is 0.338. The molecule has 4 aromatic rings. The molecule has 0 radical (unpaired) electrons. The van der Waals surface area contributed by atoms with E-state index in [1.165, 1.54) is 6.20 Å². The molecule has 2 aromatic heterocycles. The maximum Gasteiger partial charge on any atom is 0.341 e. The number of pyridine rings is 1. The molecule has 4 rings (SSSR count). The van der Waals surface area contributed by atoms with Gasteiger partial charge in [-0.2, -0.15) is 4.98 Å². The van der Waals surface area contributed by atoms with E-state index in [1.54, 1.807) is 37.1 Å². The molecule has 0 saturated heterocycles. The lowest BCUT2D eigenvalue weighted by atomic mass is 9.96. The molecular weight excluding hydrogens is 486 g/mol. The molecular formula is C25H26ClN5O5. The monoisotopic (exact) mass is 511 g/mol. The van der Waals surface area contributed by atoms with Crippen LogP contribution < -0.4 is 26.4 Å². The van der Waals surface area contributed by atoms with Gasteiger partial charge >= 0.3 is 5.97 Å². The van der Waals surface area contributed by atoms with Gasteiger partial charge in [0, 0.05) is 41.9 Å². The van der Waals surface area contributed by atoms with Gasteiger partial charge in [-0.25, -0.2) is 9.78 Å². The third-order valence-electron chi connectivity index (χ3n) is 5.81. The van der Waals surface area contributed by atoms with Gasteiger partial charge in [0.2, 0.25) is 11.4 Å². The number of halogens is 1. The molecule has 0 aliphatic heterocycles. The lowest BCUT2D eigenvalue weighted by Gasteiger charge is -2.17. The van der Waals surface area contributed by atoms with Crippen LogP contribution in [0.15, 0.2) is 47.5 Å². The van der Waals surface area contributed by atoms with Gasteiger partial charge in [-0.3, -0.25) is 4.79 Å². The van der Waals surface area contributed by atoms with Gasteiger partial charge in [0.15, 0.2) is 11.5 Å². The van der Waals surface area contributed by atoms with E-state index < -0.39 is 11.4 Å². The van der Waals surface area contributed by atoms with E-state index in [2.05, 4.69) is 9.97 Å². The van der Waals surface area contributed by atoms with Crippen molar-refractivity contribution < 1.29 is 19.4 Å². The molecule has 0 atom stereocenters. The summed E-state index contributed by atoms with van der Waals surface area (Å²) in [6, 6.07) is 9.03. The minimum absolute atomic E-state index is 0. The van der Waals surface area contributed by atoms with Crippen LogP contribution in [0.2, 0.25) is 0 Å². The first-order chi connectivity index (χ1) is 16.8. The molecule has 0 unspecified atom stereocenters. The molecule has 188 valence electrons. The Hall–Kier alpha value is -4.31. The Balaban J connectivity index is 0.00000361. The van der Waals surface area contributed by atoms with Gasteiger partial charge in [0.05, 0.1) is 19.7 Å². The second-order valence-corrected chi connectivity index (χ2v) is 7.89. The molecule has 2 heterocycles. The number of aromatic carboxylic acids is 1.